The normalized spacial score (nSPS) is 14.0. The van der Waals surface area contributed by atoms with Crippen LogP contribution in [0.15, 0.2) is 0 Å². The quantitative estimate of drug-likeness (QED) is 0.0321. The van der Waals surface area contributed by atoms with Crippen molar-refractivity contribution in [1.29, 1.82) is 0 Å². The first kappa shape index (κ1) is 43.5. The second kappa shape index (κ2) is 29.9. The third-order valence-electron chi connectivity index (χ3n) is 7.92. The lowest BCUT2D eigenvalue weighted by Crippen LogP contribution is -2.37. The number of quaternary nitrogens is 1. The molecule has 0 spiro atoms. The van der Waals surface area contributed by atoms with Gasteiger partial charge in [-0.15, -0.1) is 0 Å². The summed E-state index contributed by atoms with van der Waals surface area (Å²) in [4.78, 5) is 22.2. The van der Waals surface area contributed by atoms with Crippen LogP contribution < -0.4 is 0 Å². The minimum Gasteiger partial charge on any atom is -0.457 e. The number of phosphoric acid groups is 1. The van der Waals surface area contributed by atoms with E-state index >= 15 is 0 Å². The fourth-order valence-electron chi connectivity index (χ4n) is 5.00. The van der Waals surface area contributed by atoms with E-state index in [0.29, 0.717) is 24.1 Å². The highest BCUT2D eigenvalue weighted by molar-refractivity contribution is 7.47. The Morgan fingerprint density at radius 3 is 1.48 bits per heavy atom. The number of rotatable bonds is 34. The maximum atomic E-state index is 12.3. The Labute approximate surface area is 272 Å². The van der Waals surface area contributed by atoms with Gasteiger partial charge in [-0.3, -0.25) is 13.8 Å². The molecule has 0 heterocycles. The summed E-state index contributed by atoms with van der Waals surface area (Å²) in [5.41, 5.74) is 0. The highest BCUT2D eigenvalue weighted by atomic mass is 31.2. The number of nitrogens with zero attached hydrogens (tertiary/aromatic N) is 1. The maximum Gasteiger partial charge on any atom is 0.472 e. The van der Waals surface area contributed by atoms with E-state index in [-0.39, 0.29) is 25.8 Å². The fourth-order valence-corrected chi connectivity index (χ4v) is 5.74. The molecule has 0 radical (unpaired) electrons. The number of hydrogen-bond acceptors (Lipinski definition) is 6. The van der Waals surface area contributed by atoms with Crippen LogP contribution in [0.3, 0.4) is 0 Å². The molecule has 0 aromatic heterocycles. The number of likely N-dealkylation sites (N-methyl/N-ethyl adjacent to an activating group) is 1. The first-order valence-electron chi connectivity index (χ1n) is 18.3. The second-order valence-corrected chi connectivity index (χ2v) is 15.1. The summed E-state index contributed by atoms with van der Waals surface area (Å²) in [6, 6.07) is 0. The Morgan fingerprint density at radius 2 is 1.05 bits per heavy atom. The van der Waals surface area contributed by atoms with Crippen LogP contribution in [-0.4, -0.2) is 75.6 Å². The number of esters is 1. The third-order valence-corrected chi connectivity index (χ3v) is 8.90. The average Bonchev–Trinajstić information content (AvgIpc) is 2.96. The predicted molar refractivity (Wildman–Crippen MR) is 183 cm³/mol. The largest absolute Gasteiger partial charge is 0.472 e. The molecule has 0 saturated carbocycles. The van der Waals surface area contributed by atoms with E-state index in [1.165, 1.54) is 116 Å². The van der Waals surface area contributed by atoms with Gasteiger partial charge in [0.2, 0.25) is 0 Å². The maximum absolute atomic E-state index is 12.3. The van der Waals surface area contributed by atoms with Crippen molar-refractivity contribution in [2.75, 3.05) is 54.1 Å². The van der Waals surface area contributed by atoms with Gasteiger partial charge in [-0.25, -0.2) is 4.57 Å². The van der Waals surface area contributed by atoms with E-state index in [0.717, 1.165) is 25.7 Å². The summed E-state index contributed by atoms with van der Waals surface area (Å²) in [7, 11) is 1.67. The molecule has 0 saturated heterocycles. The zero-order valence-electron chi connectivity index (χ0n) is 29.7. The molecule has 0 amide bonds. The van der Waals surface area contributed by atoms with Crippen LogP contribution in [0.25, 0.3) is 0 Å². The summed E-state index contributed by atoms with van der Waals surface area (Å²) in [6.45, 7) is 5.40. The zero-order valence-corrected chi connectivity index (χ0v) is 30.6. The van der Waals surface area contributed by atoms with E-state index in [9.17, 15) is 14.3 Å². The number of unbranched alkanes of at least 4 members (excludes halogenated alkanes) is 20. The minimum atomic E-state index is -4.24. The fraction of sp³-hybridized carbons (Fsp3) is 0.971. The van der Waals surface area contributed by atoms with Gasteiger partial charge >= 0.3 is 13.8 Å². The molecule has 8 nitrogen and oxygen atoms in total. The molecule has 0 aliphatic rings. The molecular formula is C35H73NO7P+. The summed E-state index contributed by atoms with van der Waals surface area (Å²) in [5.74, 6) is -0.346. The Hall–Kier alpha value is -0.500. The number of hydrogen-bond donors (Lipinski definition) is 1. The van der Waals surface area contributed by atoms with Crippen molar-refractivity contribution in [2.24, 2.45) is 0 Å². The van der Waals surface area contributed by atoms with Gasteiger partial charge in [0, 0.05) is 13.0 Å². The van der Waals surface area contributed by atoms with Crippen molar-refractivity contribution >= 4 is 13.8 Å². The lowest BCUT2D eigenvalue weighted by atomic mass is 10.0. The van der Waals surface area contributed by atoms with Gasteiger partial charge in [0.15, 0.2) is 0 Å². The van der Waals surface area contributed by atoms with E-state index in [2.05, 4.69) is 6.92 Å². The van der Waals surface area contributed by atoms with Crippen LogP contribution >= 0.6 is 7.82 Å². The Bertz CT molecular complexity index is 686. The van der Waals surface area contributed by atoms with Gasteiger partial charge in [-0.05, 0) is 12.8 Å². The van der Waals surface area contributed by atoms with Crippen molar-refractivity contribution in [2.45, 2.75) is 168 Å². The van der Waals surface area contributed by atoms with Crippen molar-refractivity contribution in [3.05, 3.63) is 0 Å². The Morgan fingerprint density at radius 1 is 0.614 bits per heavy atom. The molecule has 0 aromatic rings. The molecule has 2 unspecified atom stereocenters. The van der Waals surface area contributed by atoms with Crippen LogP contribution in [0.4, 0.5) is 0 Å². The number of phosphoric ester groups is 1. The topological polar surface area (TPSA) is 91.3 Å². The molecule has 2 atom stereocenters. The lowest BCUT2D eigenvalue weighted by molar-refractivity contribution is -0.870. The summed E-state index contributed by atoms with van der Waals surface area (Å²) >= 11 is 0. The average molecular weight is 651 g/mol. The van der Waals surface area contributed by atoms with Gasteiger partial charge < -0.3 is 18.9 Å². The van der Waals surface area contributed by atoms with Crippen LogP contribution in [0.2, 0.25) is 0 Å². The number of carbonyl (C=O) groups is 1. The highest BCUT2D eigenvalue weighted by Gasteiger charge is 2.26. The first-order valence-corrected chi connectivity index (χ1v) is 19.8. The van der Waals surface area contributed by atoms with Gasteiger partial charge in [0.1, 0.15) is 19.3 Å². The second-order valence-electron chi connectivity index (χ2n) is 13.6. The number of carbonyl (C=O) groups excluding carboxylic acids is 1. The minimum absolute atomic E-state index is 0.0914. The van der Waals surface area contributed by atoms with E-state index < -0.39 is 13.9 Å². The molecule has 0 bridgehead atoms. The Balaban J connectivity index is 3.82. The van der Waals surface area contributed by atoms with Crippen LogP contribution in [-0.2, 0) is 27.9 Å². The summed E-state index contributed by atoms with van der Waals surface area (Å²) < 4.78 is 34.3. The molecule has 44 heavy (non-hydrogen) atoms. The molecule has 0 aromatic carbocycles. The standard InChI is InChI=1S/C35H72NO7P/c1-6-8-10-11-12-13-14-15-16-17-18-19-20-21-22-23-24-25-26-27-30-40-32-34(43-35(37)28-9-7-2)33-42-44(38,39)41-31-29-36(3,4)5/h34H,6-33H2,1-5H3/p+1. The first-order chi connectivity index (χ1) is 21.1. The van der Waals surface area contributed by atoms with Crippen LogP contribution in [0, 0.1) is 0 Å². The van der Waals surface area contributed by atoms with Gasteiger partial charge in [-0.1, -0.05) is 142 Å². The molecule has 0 aliphatic heterocycles. The molecular weight excluding hydrogens is 577 g/mol. The van der Waals surface area contributed by atoms with E-state index in [4.69, 9.17) is 18.5 Å². The van der Waals surface area contributed by atoms with Crippen molar-refractivity contribution in [1.82, 2.24) is 0 Å². The van der Waals surface area contributed by atoms with Crippen LogP contribution in [0.1, 0.15) is 162 Å². The van der Waals surface area contributed by atoms with E-state index in [1.807, 2.05) is 28.1 Å². The lowest BCUT2D eigenvalue weighted by Gasteiger charge is -2.24. The zero-order chi connectivity index (χ0) is 32.8. The number of ether oxygens (including phenoxy) is 2. The Kier molecular flexibility index (Phi) is 29.5. The summed E-state index contributed by atoms with van der Waals surface area (Å²) in [5, 5.41) is 0. The van der Waals surface area contributed by atoms with Gasteiger partial charge in [-0.2, -0.15) is 0 Å². The molecule has 0 rings (SSSR count). The smallest absolute Gasteiger partial charge is 0.457 e. The molecule has 264 valence electrons. The van der Waals surface area contributed by atoms with Crippen LogP contribution in [0.5, 0.6) is 0 Å². The molecule has 0 aliphatic carbocycles. The van der Waals surface area contributed by atoms with Gasteiger partial charge in [0.25, 0.3) is 0 Å². The summed E-state index contributed by atoms with van der Waals surface area (Å²) in [6.07, 6.45) is 28.1. The highest BCUT2D eigenvalue weighted by Crippen LogP contribution is 2.43. The molecule has 9 heteroatoms. The van der Waals surface area contributed by atoms with Crippen molar-refractivity contribution in [3.63, 3.8) is 0 Å². The monoisotopic (exact) mass is 651 g/mol. The SMILES string of the molecule is CCCCCCCCCCCCCCCCCCCCCCOCC(COP(=O)(O)OCC[N+](C)(C)C)OC(=O)CCCC. The van der Waals surface area contributed by atoms with Gasteiger partial charge in [0.05, 0.1) is 34.4 Å². The van der Waals surface area contributed by atoms with Crippen molar-refractivity contribution < 1.29 is 37.3 Å². The van der Waals surface area contributed by atoms with E-state index in [1.54, 1.807) is 0 Å². The molecule has 1 N–H and O–H groups in total. The predicted octanol–water partition coefficient (Wildman–Crippen LogP) is 9.77. The van der Waals surface area contributed by atoms with Crippen molar-refractivity contribution in [3.8, 4) is 0 Å². The molecule has 0 fully saturated rings. The third kappa shape index (κ3) is 32.9.